The van der Waals surface area contributed by atoms with Gasteiger partial charge in [-0.15, -0.1) is 0 Å². The van der Waals surface area contributed by atoms with Gasteiger partial charge in [0, 0.05) is 38.7 Å². The maximum absolute atomic E-state index is 12.4. The molecule has 9 heteroatoms. The Kier molecular flexibility index (Phi) is 7.87. The van der Waals surface area contributed by atoms with Crippen LogP contribution < -0.4 is 14.9 Å². The molecule has 1 amide bonds. The van der Waals surface area contributed by atoms with Crippen molar-refractivity contribution in [3.63, 3.8) is 0 Å². The maximum Gasteiger partial charge on any atom is 0.277 e. The number of carbonyl (C=O) groups is 1. The van der Waals surface area contributed by atoms with E-state index in [-0.39, 0.29) is 12.5 Å². The van der Waals surface area contributed by atoms with Gasteiger partial charge in [-0.3, -0.25) is 9.78 Å². The number of carbonyl (C=O) groups excluding carboxylic acids is 1. The van der Waals surface area contributed by atoms with Crippen molar-refractivity contribution in [2.24, 2.45) is 5.10 Å². The third kappa shape index (κ3) is 5.57. The van der Waals surface area contributed by atoms with Crippen LogP contribution >= 0.6 is 31.9 Å². The fourth-order valence-electron chi connectivity index (χ4n) is 3.80. The first-order chi connectivity index (χ1) is 16.9. The molecule has 0 bridgehead atoms. The number of ether oxygens (including phenoxy) is 2. The number of aryl methyl sites for hydroxylation is 1. The van der Waals surface area contributed by atoms with E-state index in [2.05, 4.69) is 51.9 Å². The highest BCUT2D eigenvalue weighted by Gasteiger charge is 2.14. The Hall–Kier alpha value is -3.17. The van der Waals surface area contributed by atoms with Crippen molar-refractivity contribution < 1.29 is 14.3 Å². The summed E-state index contributed by atoms with van der Waals surface area (Å²) in [5, 5.41) is 5.02. The van der Waals surface area contributed by atoms with Crippen LogP contribution in [0.4, 0.5) is 0 Å². The van der Waals surface area contributed by atoms with Gasteiger partial charge in [-0.1, -0.05) is 22.0 Å². The largest absolute Gasteiger partial charge is 0.494 e. The van der Waals surface area contributed by atoms with Crippen LogP contribution in [0.15, 0.2) is 68.8 Å². The summed E-state index contributed by atoms with van der Waals surface area (Å²) < 4.78 is 15.0. The average molecular weight is 600 g/mol. The van der Waals surface area contributed by atoms with E-state index in [1.165, 1.54) is 0 Å². The van der Waals surface area contributed by atoms with Gasteiger partial charge in [-0.25, -0.2) is 5.43 Å². The van der Waals surface area contributed by atoms with Crippen molar-refractivity contribution in [1.82, 2.24) is 15.0 Å². The standard InChI is InChI=1S/C26H24Br2N4O3/c1-4-34-20-9-7-19(8-10-20)32-16(2)12-18(17(32)3)14-30-31-24(33)15-35-26-23(28)13-22(27)21-6-5-11-29-25(21)26/h5-14H,4,15H2,1-3H3,(H,31,33)/b30-14+. The summed E-state index contributed by atoms with van der Waals surface area (Å²) in [5.41, 5.74) is 7.20. The molecule has 0 aliphatic rings. The van der Waals surface area contributed by atoms with Crippen molar-refractivity contribution in [3.8, 4) is 17.2 Å². The first-order valence-electron chi connectivity index (χ1n) is 11.0. The number of hydrazone groups is 1. The van der Waals surface area contributed by atoms with Gasteiger partial charge in [-0.05, 0) is 79.2 Å². The second kappa shape index (κ2) is 11.0. The number of nitrogens with zero attached hydrogens (tertiary/aromatic N) is 3. The quantitative estimate of drug-likeness (QED) is 0.196. The number of aromatic nitrogens is 2. The highest BCUT2D eigenvalue weighted by molar-refractivity contribution is 9.11. The minimum absolute atomic E-state index is 0.200. The van der Waals surface area contributed by atoms with E-state index in [1.807, 2.05) is 69.3 Å². The van der Waals surface area contributed by atoms with Crippen LogP contribution in [-0.2, 0) is 4.79 Å². The van der Waals surface area contributed by atoms with Gasteiger partial charge in [0.15, 0.2) is 12.4 Å². The highest BCUT2D eigenvalue weighted by Crippen LogP contribution is 2.37. The second-order valence-corrected chi connectivity index (χ2v) is 9.45. The lowest BCUT2D eigenvalue weighted by molar-refractivity contribution is -0.123. The Morgan fingerprint density at radius 3 is 2.63 bits per heavy atom. The second-order valence-electron chi connectivity index (χ2n) is 7.74. The SMILES string of the molecule is CCOc1ccc(-n2c(C)cc(/C=N/NC(=O)COc3c(Br)cc(Br)c4cccnc34)c2C)cc1. The predicted molar refractivity (Wildman–Crippen MR) is 145 cm³/mol. The van der Waals surface area contributed by atoms with Crippen LogP contribution in [0.5, 0.6) is 11.5 Å². The average Bonchev–Trinajstić information content (AvgIpc) is 3.12. The molecule has 4 rings (SSSR count). The van der Waals surface area contributed by atoms with Crippen molar-refractivity contribution in [1.29, 1.82) is 0 Å². The monoisotopic (exact) mass is 598 g/mol. The lowest BCUT2D eigenvalue weighted by atomic mass is 10.2. The first kappa shape index (κ1) is 24.9. The minimum atomic E-state index is -0.375. The molecule has 4 aromatic rings. The summed E-state index contributed by atoms with van der Waals surface area (Å²) in [6.45, 7) is 6.44. The van der Waals surface area contributed by atoms with Crippen LogP contribution in [0.3, 0.4) is 0 Å². The van der Waals surface area contributed by atoms with Crippen molar-refractivity contribution in [2.75, 3.05) is 13.2 Å². The Morgan fingerprint density at radius 2 is 1.89 bits per heavy atom. The normalized spacial score (nSPS) is 11.2. The van der Waals surface area contributed by atoms with Gasteiger partial charge in [0.2, 0.25) is 0 Å². The van der Waals surface area contributed by atoms with Crippen LogP contribution in [0.25, 0.3) is 16.6 Å². The molecular formula is C26H24Br2N4O3. The topological polar surface area (TPSA) is 77.7 Å². The number of halogens is 2. The molecule has 0 fully saturated rings. The lowest BCUT2D eigenvalue weighted by Crippen LogP contribution is -2.24. The number of nitrogens with one attached hydrogen (secondary N) is 1. The number of benzene rings is 2. The van der Waals surface area contributed by atoms with Crippen LogP contribution in [-0.4, -0.2) is 34.9 Å². The fourth-order valence-corrected chi connectivity index (χ4v) is 5.19. The summed E-state index contributed by atoms with van der Waals surface area (Å²) in [7, 11) is 0. The van der Waals surface area contributed by atoms with Crippen molar-refractivity contribution in [3.05, 3.63) is 80.6 Å². The molecule has 0 radical (unpaired) electrons. The zero-order chi connectivity index (χ0) is 24.9. The highest BCUT2D eigenvalue weighted by atomic mass is 79.9. The summed E-state index contributed by atoms with van der Waals surface area (Å²) >= 11 is 7.01. The minimum Gasteiger partial charge on any atom is -0.494 e. The van der Waals surface area contributed by atoms with Crippen molar-refractivity contribution >= 4 is 54.9 Å². The zero-order valence-electron chi connectivity index (χ0n) is 19.5. The van der Waals surface area contributed by atoms with Gasteiger partial charge < -0.3 is 14.0 Å². The molecular weight excluding hydrogens is 576 g/mol. The fraction of sp³-hybridized carbons (Fsp3) is 0.192. The molecule has 0 atom stereocenters. The third-order valence-electron chi connectivity index (χ3n) is 5.37. The molecule has 2 aromatic carbocycles. The van der Waals surface area contributed by atoms with Gasteiger partial charge >= 0.3 is 0 Å². The van der Waals surface area contributed by atoms with Crippen LogP contribution in [0.1, 0.15) is 23.9 Å². The van der Waals surface area contributed by atoms with Gasteiger partial charge in [0.25, 0.3) is 5.91 Å². The number of rotatable bonds is 8. The van der Waals surface area contributed by atoms with E-state index in [0.29, 0.717) is 22.3 Å². The summed E-state index contributed by atoms with van der Waals surface area (Å²) in [6.07, 6.45) is 3.32. The van der Waals surface area contributed by atoms with E-state index >= 15 is 0 Å². The molecule has 2 heterocycles. The van der Waals surface area contributed by atoms with Gasteiger partial charge in [0.05, 0.1) is 17.3 Å². The Labute approximate surface area is 220 Å². The third-order valence-corrected chi connectivity index (χ3v) is 6.61. The molecule has 0 aliphatic carbocycles. The molecule has 0 unspecified atom stereocenters. The Balaban J connectivity index is 1.42. The molecule has 180 valence electrons. The summed E-state index contributed by atoms with van der Waals surface area (Å²) in [5.74, 6) is 0.965. The molecule has 35 heavy (non-hydrogen) atoms. The maximum atomic E-state index is 12.4. The van der Waals surface area contributed by atoms with Crippen LogP contribution in [0.2, 0.25) is 0 Å². The summed E-state index contributed by atoms with van der Waals surface area (Å²) in [6, 6.07) is 15.6. The van der Waals surface area contributed by atoms with E-state index in [4.69, 9.17) is 9.47 Å². The summed E-state index contributed by atoms with van der Waals surface area (Å²) in [4.78, 5) is 16.8. The smallest absolute Gasteiger partial charge is 0.277 e. The van der Waals surface area contributed by atoms with Crippen molar-refractivity contribution in [2.45, 2.75) is 20.8 Å². The number of hydrogen-bond acceptors (Lipinski definition) is 5. The zero-order valence-corrected chi connectivity index (χ0v) is 22.7. The van der Waals surface area contributed by atoms with E-state index in [1.54, 1.807) is 12.4 Å². The number of fused-ring (bicyclic) bond motifs is 1. The molecule has 0 saturated heterocycles. The number of hydrogen-bond donors (Lipinski definition) is 1. The van der Waals surface area contributed by atoms with E-state index < -0.39 is 0 Å². The van der Waals surface area contributed by atoms with Crippen LogP contribution in [0, 0.1) is 13.8 Å². The van der Waals surface area contributed by atoms with Gasteiger partial charge in [-0.2, -0.15) is 5.10 Å². The Bertz CT molecular complexity index is 1400. The lowest BCUT2D eigenvalue weighted by Gasteiger charge is -2.11. The molecule has 0 aliphatic heterocycles. The first-order valence-corrected chi connectivity index (χ1v) is 12.6. The Morgan fingerprint density at radius 1 is 1.11 bits per heavy atom. The molecule has 0 spiro atoms. The van der Waals surface area contributed by atoms with E-state index in [9.17, 15) is 4.79 Å². The molecule has 7 nitrogen and oxygen atoms in total. The van der Waals surface area contributed by atoms with Gasteiger partial charge in [0.1, 0.15) is 11.3 Å². The molecule has 0 saturated carbocycles. The predicted octanol–water partition coefficient (Wildman–Crippen LogP) is 6.10. The molecule has 1 N–H and O–H groups in total. The number of pyridine rings is 1. The molecule has 2 aromatic heterocycles. The van der Waals surface area contributed by atoms with E-state index in [0.717, 1.165) is 38.2 Å². The number of amides is 1.